The summed E-state index contributed by atoms with van der Waals surface area (Å²) in [6.07, 6.45) is 0. The average Bonchev–Trinajstić information content (AvgIpc) is 2.79. The van der Waals surface area contributed by atoms with Gasteiger partial charge in [0.05, 0.1) is 6.04 Å². The van der Waals surface area contributed by atoms with Gasteiger partial charge in [-0.15, -0.1) is 11.3 Å². The van der Waals surface area contributed by atoms with Gasteiger partial charge in [-0.05, 0) is 36.9 Å². The van der Waals surface area contributed by atoms with Crippen LogP contribution in [0.5, 0.6) is 0 Å². The summed E-state index contributed by atoms with van der Waals surface area (Å²) in [6.45, 7) is 4.07. The first-order valence-corrected chi connectivity index (χ1v) is 6.61. The summed E-state index contributed by atoms with van der Waals surface area (Å²) in [6, 6.07) is 6.40. The van der Waals surface area contributed by atoms with E-state index in [9.17, 15) is 0 Å². The van der Waals surface area contributed by atoms with Crippen molar-refractivity contribution in [1.29, 1.82) is 0 Å². The van der Waals surface area contributed by atoms with Gasteiger partial charge in [0.25, 0.3) is 0 Å². The zero-order valence-electron chi connectivity index (χ0n) is 10.0. The van der Waals surface area contributed by atoms with Crippen LogP contribution in [0.3, 0.4) is 0 Å². The van der Waals surface area contributed by atoms with Gasteiger partial charge in [-0.2, -0.15) is 0 Å². The van der Waals surface area contributed by atoms with Gasteiger partial charge in [-0.1, -0.05) is 6.07 Å². The normalized spacial score (nSPS) is 12.5. The fraction of sp³-hybridized carbons (Fsp3) is 0.333. The number of nitrogens with zero attached hydrogens (tertiary/aromatic N) is 3. The van der Waals surface area contributed by atoms with Crippen molar-refractivity contribution in [2.75, 3.05) is 11.9 Å². The molecule has 1 unspecified atom stereocenters. The van der Waals surface area contributed by atoms with Crippen molar-refractivity contribution < 1.29 is 0 Å². The van der Waals surface area contributed by atoms with Crippen LogP contribution < -0.4 is 4.90 Å². The molecule has 2 aromatic heterocycles. The van der Waals surface area contributed by atoms with Gasteiger partial charge >= 0.3 is 0 Å². The van der Waals surface area contributed by atoms with E-state index in [-0.39, 0.29) is 6.04 Å². The largest absolute Gasteiger partial charge is 0.352 e. The Morgan fingerprint density at radius 3 is 2.76 bits per heavy atom. The Morgan fingerprint density at radius 1 is 1.41 bits per heavy atom. The second kappa shape index (κ2) is 5.02. The van der Waals surface area contributed by atoms with Crippen LogP contribution in [0.1, 0.15) is 23.5 Å². The van der Waals surface area contributed by atoms with Crippen molar-refractivity contribution in [3.63, 3.8) is 0 Å². The summed E-state index contributed by atoms with van der Waals surface area (Å²) >= 11 is 7.62. The Kier molecular flexibility index (Phi) is 3.64. The Hall–Kier alpha value is -1.13. The molecular weight excluding hydrogens is 254 g/mol. The third-order valence-corrected chi connectivity index (χ3v) is 3.92. The molecule has 0 spiro atoms. The van der Waals surface area contributed by atoms with Crippen LogP contribution >= 0.6 is 22.9 Å². The van der Waals surface area contributed by atoms with Gasteiger partial charge < -0.3 is 4.90 Å². The molecule has 3 nitrogen and oxygen atoms in total. The second-order valence-electron chi connectivity index (χ2n) is 3.94. The van der Waals surface area contributed by atoms with Crippen LogP contribution in [-0.4, -0.2) is 17.0 Å². The van der Waals surface area contributed by atoms with Crippen molar-refractivity contribution in [3.8, 4) is 0 Å². The van der Waals surface area contributed by atoms with Crippen LogP contribution in [0, 0.1) is 6.92 Å². The fourth-order valence-electron chi connectivity index (χ4n) is 1.62. The molecule has 90 valence electrons. The molecule has 2 heterocycles. The third-order valence-electron chi connectivity index (χ3n) is 2.71. The van der Waals surface area contributed by atoms with Crippen LogP contribution in [0.25, 0.3) is 0 Å². The molecule has 0 aromatic carbocycles. The summed E-state index contributed by atoms with van der Waals surface area (Å²) in [4.78, 5) is 11.7. The molecule has 0 amide bonds. The molecular formula is C12H14ClN3S. The lowest BCUT2D eigenvalue weighted by Crippen LogP contribution is -2.22. The fourth-order valence-corrected chi connectivity index (χ4v) is 2.66. The van der Waals surface area contributed by atoms with Crippen molar-refractivity contribution in [1.82, 2.24) is 9.97 Å². The van der Waals surface area contributed by atoms with Gasteiger partial charge in [0.1, 0.15) is 5.82 Å². The Labute approximate surface area is 110 Å². The Balaban J connectivity index is 2.27. The van der Waals surface area contributed by atoms with Crippen molar-refractivity contribution in [2.45, 2.75) is 19.9 Å². The van der Waals surface area contributed by atoms with E-state index in [1.54, 1.807) is 11.3 Å². The Bertz CT molecular complexity index is 478. The quantitative estimate of drug-likeness (QED) is 0.794. The highest BCUT2D eigenvalue weighted by Crippen LogP contribution is 2.27. The van der Waals surface area contributed by atoms with Crippen LogP contribution in [0.15, 0.2) is 23.6 Å². The third kappa shape index (κ3) is 2.76. The SMILES string of the molecule is Cc1cc(N(C)C(C)c2cccs2)nc(Cl)n1. The summed E-state index contributed by atoms with van der Waals surface area (Å²) in [5, 5.41) is 2.38. The number of hydrogen-bond acceptors (Lipinski definition) is 4. The van der Waals surface area contributed by atoms with Crippen LogP contribution in [0.2, 0.25) is 5.28 Å². The minimum atomic E-state index is 0.278. The standard InChI is InChI=1S/C12H14ClN3S/c1-8-7-11(15-12(13)14-8)16(3)9(2)10-5-4-6-17-10/h4-7,9H,1-3H3. The van der Waals surface area contributed by atoms with E-state index in [0.717, 1.165) is 11.5 Å². The maximum absolute atomic E-state index is 5.88. The number of halogens is 1. The molecule has 0 saturated carbocycles. The van der Waals surface area contributed by atoms with Gasteiger partial charge in [-0.3, -0.25) is 0 Å². The molecule has 5 heteroatoms. The molecule has 2 rings (SSSR count). The highest BCUT2D eigenvalue weighted by atomic mass is 35.5. The molecule has 0 saturated heterocycles. The smallest absolute Gasteiger partial charge is 0.224 e. The van der Waals surface area contributed by atoms with Crippen molar-refractivity contribution in [2.24, 2.45) is 0 Å². The highest BCUT2D eigenvalue weighted by molar-refractivity contribution is 7.10. The van der Waals surface area contributed by atoms with Gasteiger partial charge in [-0.25, -0.2) is 9.97 Å². The molecule has 0 bridgehead atoms. The molecule has 0 N–H and O–H groups in total. The lowest BCUT2D eigenvalue weighted by Gasteiger charge is -2.25. The summed E-state index contributed by atoms with van der Waals surface area (Å²) in [5.74, 6) is 0.850. The Morgan fingerprint density at radius 2 is 2.18 bits per heavy atom. The van der Waals surface area contributed by atoms with Crippen LogP contribution in [-0.2, 0) is 0 Å². The predicted molar refractivity (Wildman–Crippen MR) is 72.9 cm³/mol. The molecule has 0 aliphatic heterocycles. The highest BCUT2D eigenvalue weighted by Gasteiger charge is 2.15. The number of aromatic nitrogens is 2. The molecule has 0 aliphatic rings. The topological polar surface area (TPSA) is 29.0 Å². The van der Waals surface area contributed by atoms with Gasteiger partial charge in [0.15, 0.2) is 0 Å². The van der Waals surface area contributed by atoms with Crippen LogP contribution in [0.4, 0.5) is 5.82 Å². The number of rotatable bonds is 3. The first kappa shape index (κ1) is 12.3. The summed E-state index contributed by atoms with van der Waals surface area (Å²) < 4.78 is 0. The number of aryl methyl sites for hydroxylation is 1. The van der Waals surface area contributed by atoms with E-state index in [1.165, 1.54) is 4.88 Å². The molecule has 0 aliphatic carbocycles. The number of anilines is 1. The first-order chi connectivity index (χ1) is 8.08. The first-order valence-electron chi connectivity index (χ1n) is 5.35. The van der Waals surface area contributed by atoms with Gasteiger partial charge in [0, 0.05) is 23.7 Å². The molecule has 2 aromatic rings. The van der Waals surface area contributed by atoms with Crippen molar-refractivity contribution in [3.05, 3.63) is 39.4 Å². The summed E-state index contributed by atoms with van der Waals surface area (Å²) in [7, 11) is 2.02. The zero-order valence-corrected chi connectivity index (χ0v) is 11.6. The number of hydrogen-bond donors (Lipinski definition) is 0. The minimum absolute atomic E-state index is 0.278. The average molecular weight is 268 g/mol. The van der Waals surface area contributed by atoms with Gasteiger partial charge in [0.2, 0.25) is 5.28 Å². The van der Waals surface area contributed by atoms with E-state index in [1.807, 2.05) is 20.0 Å². The molecule has 0 radical (unpaired) electrons. The summed E-state index contributed by atoms with van der Waals surface area (Å²) in [5.41, 5.74) is 0.880. The predicted octanol–water partition coefficient (Wildman–Crippen LogP) is 3.70. The molecule has 17 heavy (non-hydrogen) atoms. The maximum Gasteiger partial charge on any atom is 0.224 e. The minimum Gasteiger partial charge on any atom is -0.352 e. The van der Waals surface area contributed by atoms with E-state index in [4.69, 9.17) is 11.6 Å². The lowest BCUT2D eigenvalue weighted by atomic mass is 10.2. The molecule has 0 fully saturated rings. The van der Waals surface area contributed by atoms with E-state index >= 15 is 0 Å². The van der Waals surface area contributed by atoms with E-state index in [2.05, 4.69) is 39.3 Å². The number of thiophene rings is 1. The molecule has 1 atom stereocenters. The van der Waals surface area contributed by atoms with E-state index < -0.39 is 0 Å². The van der Waals surface area contributed by atoms with E-state index in [0.29, 0.717) is 5.28 Å². The van der Waals surface area contributed by atoms with Crippen molar-refractivity contribution >= 4 is 28.8 Å². The zero-order chi connectivity index (χ0) is 12.4. The maximum atomic E-state index is 5.88. The monoisotopic (exact) mass is 267 g/mol. The lowest BCUT2D eigenvalue weighted by molar-refractivity contribution is 0.739. The second-order valence-corrected chi connectivity index (χ2v) is 5.26.